The molecule has 8 nitrogen and oxygen atoms in total. The van der Waals surface area contributed by atoms with Crippen molar-refractivity contribution in [3.05, 3.63) is 45.2 Å². The van der Waals surface area contributed by atoms with Crippen LogP contribution in [-0.4, -0.2) is 47.4 Å². The number of halogens is 4. The maximum absolute atomic E-state index is 14.8. The lowest BCUT2D eigenvalue weighted by Gasteiger charge is -2.28. The van der Waals surface area contributed by atoms with Crippen molar-refractivity contribution in [3.8, 4) is 5.88 Å². The van der Waals surface area contributed by atoms with Gasteiger partial charge in [-0.15, -0.1) is 0 Å². The first-order valence-corrected chi connectivity index (χ1v) is 12.4. The van der Waals surface area contributed by atoms with Gasteiger partial charge in [0.25, 0.3) is 0 Å². The lowest BCUT2D eigenvalue weighted by Crippen LogP contribution is -2.35. The molecule has 2 heterocycles. The maximum atomic E-state index is 14.8. The van der Waals surface area contributed by atoms with Gasteiger partial charge >= 0.3 is 0 Å². The van der Waals surface area contributed by atoms with Crippen molar-refractivity contribution in [1.82, 2.24) is 15.0 Å². The largest absolute Gasteiger partial charge is 0.480 e. The van der Waals surface area contributed by atoms with Gasteiger partial charge in [0.05, 0.1) is 38.1 Å². The molecule has 1 aliphatic carbocycles. The molecule has 1 aromatic carbocycles. The van der Waals surface area contributed by atoms with Crippen molar-refractivity contribution in [1.29, 1.82) is 0 Å². The number of aromatic amines is 1. The number of ketones is 1. The molecule has 33 heavy (non-hydrogen) atoms. The minimum Gasteiger partial charge on any atom is -0.480 e. The average molecular weight is 594 g/mol. The first-order valence-electron chi connectivity index (χ1n) is 9.82. The minimum absolute atomic E-state index is 0.0132. The topological polar surface area (TPSA) is 114 Å². The Morgan fingerprint density at radius 3 is 2.64 bits per heavy atom. The molecule has 1 aliphatic rings. The molecule has 0 amide bonds. The SMILES string of the molecule is COc1ncnc2[nH]cc(C(=O)c3c(F)ccc(NS(=O)(=O)C4CCC(F)(F)CC4)c3I)c12. The lowest BCUT2D eigenvalue weighted by molar-refractivity contribution is -0.0328. The van der Waals surface area contributed by atoms with Gasteiger partial charge in [0.2, 0.25) is 21.8 Å². The molecule has 0 bridgehead atoms. The molecule has 3 aromatic rings. The normalized spacial score (nSPS) is 16.6. The van der Waals surface area contributed by atoms with E-state index in [1.54, 1.807) is 22.6 Å². The third-order valence-electron chi connectivity index (χ3n) is 5.55. The molecule has 176 valence electrons. The second kappa shape index (κ2) is 8.74. The predicted molar refractivity (Wildman–Crippen MR) is 123 cm³/mol. The molecule has 13 heteroatoms. The van der Waals surface area contributed by atoms with Gasteiger partial charge in [-0.05, 0) is 47.6 Å². The summed E-state index contributed by atoms with van der Waals surface area (Å²) in [4.78, 5) is 24.1. The molecule has 0 aliphatic heterocycles. The number of rotatable bonds is 6. The van der Waals surface area contributed by atoms with Crippen molar-refractivity contribution in [2.75, 3.05) is 11.8 Å². The first kappa shape index (κ1) is 23.7. The van der Waals surface area contributed by atoms with E-state index in [4.69, 9.17) is 4.74 Å². The van der Waals surface area contributed by atoms with Gasteiger partial charge in [-0.2, -0.15) is 0 Å². The van der Waals surface area contributed by atoms with Gasteiger partial charge in [-0.1, -0.05) is 0 Å². The molecule has 1 saturated carbocycles. The molecule has 0 saturated heterocycles. The van der Waals surface area contributed by atoms with E-state index in [-0.39, 0.29) is 44.5 Å². The van der Waals surface area contributed by atoms with E-state index in [1.165, 1.54) is 25.7 Å². The van der Waals surface area contributed by atoms with Crippen LogP contribution in [0.1, 0.15) is 41.6 Å². The highest BCUT2D eigenvalue weighted by molar-refractivity contribution is 14.1. The summed E-state index contributed by atoms with van der Waals surface area (Å²) in [6.45, 7) is 0. The summed E-state index contributed by atoms with van der Waals surface area (Å²) < 4.78 is 74.8. The lowest BCUT2D eigenvalue weighted by atomic mass is 9.96. The molecule has 0 atom stereocenters. The number of H-pyrrole nitrogens is 1. The number of benzene rings is 1. The molecule has 0 spiro atoms. The number of hydrogen-bond acceptors (Lipinski definition) is 6. The molecule has 1 fully saturated rings. The zero-order chi connectivity index (χ0) is 24.0. The number of alkyl halides is 2. The van der Waals surface area contributed by atoms with E-state index >= 15 is 0 Å². The number of nitrogens with one attached hydrogen (secondary N) is 2. The molecule has 0 unspecified atom stereocenters. The fourth-order valence-corrected chi connectivity index (χ4v) is 6.30. The van der Waals surface area contributed by atoms with E-state index in [1.807, 2.05) is 0 Å². The average Bonchev–Trinajstić information content (AvgIpc) is 3.20. The minimum atomic E-state index is -4.03. The molecule has 2 N–H and O–H groups in total. The van der Waals surface area contributed by atoms with Crippen LogP contribution in [0, 0.1) is 9.39 Å². The number of carbonyl (C=O) groups excluding carboxylic acids is 1. The second-order valence-corrected chi connectivity index (χ2v) is 10.7. The highest BCUT2D eigenvalue weighted by Gasteiger charge is 2.40. The van der Waals surface area contributed by atoms with E-state index in [0.717, 1.165) is 6.07 Å². The quantitative estimate of drug-likeness (QED) is 0.326. The number of sulfonamides is 1. The highest BCUT2D eigenvalue weighted by Crippen LogP contribution is 2.37. The summed E-state index contributed by atoms with van der Waals surface area (Å²) >= 11 is 1.68. The summed E-state index contributed by atoms with van der Waals surface area (Å²) in [6.07, 6.45) is 1.16. The zero-order valence-corrected chi connectivity index (χ0v) is 20.1. The molecule has 2 aromatic heterocycles. The fraction of sp³-hybridized carbons (Fsp3) is 0.350. The second-order valence-electron chi connectivity index (χ2n) is 7.62. The van der Waals surface area contributed by atoms with Crippen molar-refractivity contribution >= 4 is 55.1 Å². The first-order chi connectivity index (χ1) is 15.5. The standard InChI is InChI=1S/C20H18F3IN4O4S/c1-32-19-14-11(8-25-18(14)26-9-27-19)17(29)15-12(21)2-3-13(16(15)24)28-33(30,31)10-4-6-20(22,23)7-5-10/h2-3,8-10,28H,4-7H2,1H3,(H,25,26,27). The number of fused-ring (bicyclic) bond motifs is 1. The van der Waals surface area contributed by atoms with Crippen LogP contribution in [-0.2, 0) is 10.0 Å². The van der Waals surface area contributed by atoms with Crippen molar-refractivity contribution < 1.29 is 31.1 Å². The van der Waals surface area contributed by atoms with Gasteiger partial charge < -0.3 is 9.72 Å². The number of anilines is 1. The third-order valence-corrected chi connectivity index (χ3v) is 8.52. The summed E-state index contributed by atoms with van der Waals surface area (Å²) in [7, 11) is -2.67. The van der Waals surface area contributed by atoms with Crippen molar-refractivity contribution in [2.45, 2.75) is 36.9 Å². The summed E-state index contributed by atoms with van der Waals surface area (Å²) in [5.74, 6) is -4.34. The number of aromatic nitrogens is 3. The highest BCUT2D eigenvalue weighted by atomic mass is 127. The van der Waals surface area contributed by atoms with Gasteiger partial charge in [-0.25, -0.2) is 31.6 Å². The Morgan fingerprint density at radius 2 is 1.97 bits per heavy atom. The number of carbonyl (C=O) groups is 1. The van der Waals surface area contributed by atoms with Gasteiger partial charge in [0.1, 0.15) is 17.8 Å². The Labute approximate surface area is 200 Å². The van der Waals surface area contributed by atoms with Crippen LogP contribution in [0.4, 0.5) is 18.9 Å². The Morgan fingerprint density at radius 1 is 1.27 bits per heavy atom. The van der Waals surface area contributed by atoms with Crippen molar-refractivity contribution in [2.24, 2.45) is 0 Å². The van der Waals surface area contributed by atoms with Gasteiger partial charge in [0, 0.05) is 19.0 Å². The molecular weight excluding hydrogens is 576 g/mol. The van der Waals surface area contributed by atoms with E-state index in [2.05, 4.69) is 19.7 Å². The Bertz CT molecular complexity index is 1340. The summed E-state index contributed by atoms with van der Waals surface area (Å²) in [5.41, 5.74) is -0.00103. The zero-order valence-electron chi connectivity index (χ0n) is 17.2. The van der Waals surface area contributed by atoms with Crippen LogP contribution in [0.25, 0.3) is 11.0 Å². The molecular formula is C20H18F3IN4O4S. The third kappa shape index (κ3) is 4.52. The predicted octanol–water partition coefficient (Wildman–Crippen LogP) is 4.26. The van der Waals surface area contributed by atoms with E-state index in [9.17, 15) is 26.4 Å². The van der Waals surface area contributed by atoms with Gasteiger partial charge in [-0.3, -0.25) is 9.52 Å². The van der Waals surface area contributed by atoms with Gasteiger partial charge in [0.15, 0.2) is 5.78 Å². The summed E-state index contributed by atoms with van der Waals surface area (Å²) in [5, 5.41) is -0.749. The number of ether oxygens (including phenoxy) is 1. The molecule has 0 radical (unpaired) electrons. The van der Waals surface area contributed by atoms with Crippen LogP contribution in [0.15, 0.2) is 24.7 Å². The Hall–Kier alpha value is -2.42. The number of hydrogen-bond donors (Lipinski definition) is 2. The molecule has 4 rings (SSSR count). The summed E-state index contributed by atoms with van der Waals surface area (Å²) in [6, 6.07) is 2.17. The maximum Gasteiger partial charge on any atom is 0.248 e. The van der Waals surface area contributed by atoms with E-state index < -0.39 is 45.6 Å². The number of nitrogens with zero attached hydrogens (tertiary/aromatic N) is 2. The van der Waals surface area contributed by atoms with Crippen LogP contribution < -0.4 is 9.46 Å². The smallest absolute Gasteiger partial charge is 0.248 e. The van der Waals surface area contributed by atoms with Crippen LogP contribution in [0.3, 0.4) is 0 Å². The van der Waals surface area contributed by atoms with Crippen LogP contribution >= 0.6 is 22.6 Å². The Balaban J connectivity index is 1.69. The van der Waals surface area contributed by atoms with Crippen LogP contribution in [0.2, 0.25) is 0 Å². The Kier molecular flexibility index (Phi) is 6.28. The fourth-order valence-electron chi connectivity index (χ4n) is 3.80. The van der Waals surface area contributed by atoms with Crippen LogP contribution in [0.5, 0.6) is 5.88 Å². The van der Waals surface area contributed by atoms with E-state index in [0.29, 0.717) is 5.65 Å². The van der Waals surface area contributed by atoms with Crippen molar-refractivity contribution in [3.63, 3.8) is 0 Å². The number of methoxy groups -OCH3 is 1. The monoisotopic (exact) mass is 594 g/mol.